The Hall–Kier alpha value is -0.890. The molecule has 1 atom stereocenters. The van der Waals surface area contributed by atoms with Gasteiger partial charge in [0.25, 0.3) is 10.0 Å². The summed E-state index contributed by atoms with van der Waals surface area (Å²) in [4.78, 5) is 2.25. The Bertz CT molecular complexity index is 547. The number of ether oxygens (including phenoxy) is 1. The minimum Gasteiger partial charge on any atom is -0.447 e. The number of furan rings is 1. The van der Waals surface area contributed by atoms with Gasteiger partial charge >= 0.3 is 0 Å². The fourth-order valence-corrected chi connectivity index (χ4v) is 3.19. The lowest BCUT2D eigenvalue weighted by atomic mass is 10.1. The average Bonchev–Trinajstić information content (AvgIpc) is 3.09. The highest BCUT2D eigenvalue weighted by molar-refractivity contribution is 7.88. The summed E-state index contributed by atoms with van der Waals surface area (Å²) in [5.41, 5.74) is 0. The molecule has 2 rings (SSSR count). The molecule has 0 radical (unpaired) electrons. The zero-order valence-corrected chi connectivity index (χ0v) is 13.7. The van der Waals surface area contributed by atoms with Crippen LogP contribution in [0, 0.1) is 5.92 Å². The lowest BCUT2D eigenvalue weighted by molar-refractivity contribution is 0.162. The van der Waals surface area contributed by atoms with Crippen LogP contribution in [0.3, 0.4) is 0 Å². The van der Waals surface area contributed by atoms with Crippen molar-refractivity contribution in [2.75, 3.05) is 40.4 Å². The van der Waals surface area contributed by atoms with Gasteiger partial charge in [0.05, 0.1) is 13.2 Å². The monoisotopic (exact) mass is 316 g/mol. The Morgan fingerprint density at radius 1 is 1.33 bits per heavy atom. The molecule has 1 saturated heterocycles. The summed E-state index contributed by atoms with van der Waals surface area (Å²) in [7, 11) is -0.501. The molecule has 120 valence electrons. The highest BCUT2D eigenvalue weighted by atomic mass is 32.2. The smallest absolute Gasteiger partial charge is 0.275 e. The van der Waals surface area contributed by atoms with Crippen molar-refractivity contribution in [3.63, 3.8) is 0 Å². The Labute approximate surface area is 126 Å². The molecule has 1 aliphatic rings. The highest BCUT2D eigenvalue weighted by Gasteiger charge is 2.23. The van der Waals surface area contributed by atoms with Crippen molar-refractivity contribution in [1.29, 1.82) is 0 Å². The molecule has 1 aromatic heterocycles. The molecule has 1 fully saturated rings. The topological polar surface area (TPSA) is 63.0 Å². The fraction of sp³-hybridized carbons (Fsp3) is 0.714. The summed E-state index contributed by atoms with van der Waals surface area (Å²) in [6.45, 7) is 6.22. The second kappa shape index (κ2) is 6.91. The summed E-state index contributed by atoms with van der Waals surface area (Å²) in [6, 6.07) is 3.27. The van der Waals surface area contributed by atoms with E-state index in [2.05, 4.69) is 11.8 Å². The second-order valence-electron chi connectivity index (χ2n) is 5.57. The van der Waals surface area contributed by atoms with Gasteiger partial charge in [-0.15, -0.1) is 0 Å². The molecule has 0 aliphatic carbocycles. The van der Waals surface area contributed by atoms with E-state index < -0.39 is 10.0 Å². The largest absolute Gasteiger partial charge is 0.447 e. The van der Waals surface area contributed by atoms with Crippen LogP contribution in [-0.4, -0.2) is 58.0 Å². The molecule has 2 heterocycles. The molecule has 1 unspecified atom stereocenters. The summed E-state index contributed by atoms with van der Waals surface area (Å²) >= 11 is 0. The van der Waals surface area contributed by atoms with Crippen LogP contribution < -0.4 is 0 Å². The van der Waals surface area contributed by atoms with Crippen molar-refractivity contribution >= 4 is 10.0 Å². The molecule has 0 saturated carbocycles. The van der Waals surface area contributed by atoms with Crippen molar-refractivity contribution in [3.05, 3.63) is 17.9 Å². The van der Waals surface area contributed by atoms with E-state index in [-0.39, 0.29) is 5.09 Å². The van der Waals surface area contributed by atoms with Crippen LogP contribution >= 0.6 is 0 Å². The fourth-order valence-electron chi connectivity index (χ4n) is 2.38. The standard InChI is InChI=1S/C14H24N2O4S/c1-4-16(9-12-7-8-19-11-12)10-13-5-6-14(20-13)21(17,18)15(2)3/h5-6,12H,4,7-11H2,1-3H3. The van der Waals surface area contributed by atoms with Crippen LogP contribution in [-0.2, 0) is 21.3 Å². The second-order valence-corrected chi connectivity index (χ2v) is 7.65. The molecule has 7 heteroatoms. The maximum atomic E-state index is 12.0. The Kier molecular flexibility index (Phi) is 5.43. The van der Waals surface area contributed by atoms with Gasteiger partial charge in [-0.2, -0.15) is 0 Å². The molecule has 0 amide bonds. The SMILES string of the molecule is CCN(Cc1ccc(S(=O)(=O)N(C)C)o1)CC1CCOC1. The first-order valence-corrected chi connectivity index (χ1v) is 8.68. The van der Waals surface area contributed by atoms with Gasteiger partial charge in [0, 0.05) is 27.2 Å². The van der Waals surface area contributed by atoms with Crippen LogP contribution in [0.2, 0.25) is 0 Å². The number of hydrogen-bond donors (Lipinski definition) is 0. The Morgan fingerprint density at radius 2 is 2.10 bits per heavy atom. The molecule has 1 aromatic rings. The van der Waals surface area contributed by atoms with E-state index in [1.54, 1.807) is 6.07 Å². The zero-order chi connectivity index (χ0) is 15.5. The summed E-state index contributed by atoms with van der Waals surface area (Å²) < 4.78 is 36.0. The molecule has 0 N–H and O–H groups in total. The third-order valence-electron chi connectivity index (χ3n) is 3.74. The van der Waals surface area contributed by atoms with Crippen molar-refractivity contribution in [3.8, 4) is 0 Å². The minimum atomic E-state index is -3.49. The first-order valence-electron chi connectivity index (χ1n) is 7.24. The highest BCUT2D eigenvalue weighted by Crippen LogP contribution is 2.20. The quantitative estimate of drug-likeness (QED) is 0.760. The molecule has 0 spiro atoms. The van der Waals surface area contributed by atoms with E-state index in [0.717, 1.165) is 37.0 Å². The van der Waals surface area contributed by atoms with Crippen LogP contribution in [0.15, 0.2) is 21.6 Å². The number of rotatable bonds is 7. The summed E-state index contributed by atoms with van der Waals surface area (Å²) in [6.07, 6.45) is 1.09. The number of nitrogens with zero attached hydrogens (tertiary/aromatic N) is 2. The van der Waals surface area contributed by atoms with Crippen molar-refractivity contribution in [1.82, 2.24) is 9.21 Å². The molecule has 6 nitrogen and oxygen atoms in total. The lowest BCUT2D eigenvalue weighted by Gasteiger charge is -2.22. The Balaban J connectivity index is 2.00. The van der Waals surface area contributed by atoms with Crippen LogP contribution in [0.5, 0.6) is 0 Å². The molecular formula is C14H24N2O4S. The number of hydrogen-bond acceptors (Lipinski definition) is 5. The first-order chi connectivity index (χ1) is 9.93. The first kappa shape index (κ1) is 16.5. The van der Waals surface area contributed by atoms with Gasteiger partial charge in [0.1, 0.15) is 5.76 Å². The van der Waals surface area contributed by atoms with Gasteiger partial charge in [-0.25, -0.2) is 12.7 Å². The van der Waals surface area contributed by atoms with Gasteiger partial charge in [-0.05, 0) is 31.0 Å². The maximum absolute atomic E-state index is 12.0. The molecular weight excluding hydrogens is 292 g/mol. The molecule has 0 aromatic carbocycles. The van der Waals surface area contributed by atoms with E-state index in [1.165, 1.54) is 20.2 Å². The van der Waals surface area contributed by atoms with Crippen molar-refractivity contribution < 1.29 is 17.6 Å². The average molecular weight is 316 g/mol. The summed E-state index contributed by atoms with van der Waals surface area (Å²) in [5, 5.41) is 0.00255. The van der Waals surface area contributed by atoms with Gasteiger partial charge in [0.2, 0.25) is 5.09 Å². The zero-order valence-electron chi connectivity index (χ0n) is 12.9. The maximum Gasteiger partial charge on any atom is 0.275 e. The van der Waals surface area contributed by atoms with Gasteiger partial charge in [-0.3, -0.25) is 4.90 Å². The number of sulfonamides is 1. The molecule has 0 bridgehead atoms. The normalized spacial score (nSPS) is 19.8. The van der Waals surface area contributed by atoms with Crippen molar-refractivity contribution in [2.45, 2.75) is 25.0 Å². The Morgan fingerprint density at radius 3 is 2.67 bits per heavy atom. The predicted molar refractivity (Wildman–Crippen MR) is 79.5 cm³/mol. The van der Waals surface area contributed by atoms with Gasteiger partial charge < -0.3 is 9.15 Å². The van der Waals surface area contributed by atoms with E-state index >= 15 is 0 Å². The third kappa shape index (κ3) is 4.06. The van der Waals surface area contributed by atoms with Crippen LogP contribution in [0.1, 0.15) is 19.1 Å². The minimum absolute atomic E-state index is 0.00255. The van der Waals surface area contributed by atoms with Gasteiger partial charge in [0.15, 0.2) is 0 Å². The van der Waals surface area contributed by atoms with E-state index in [1.807, 2.05) is 0 Å². The van der Waals surface area contributed by atoms with E-state index in [4.69, 9.17) is 9.15 Å². The molecule has 21 heavy (non-hydrogen) atoms. The van der Waals surface area contributed by atoms with E-state index in [9.17, 15) is 8.42 Å². The van der Waals surface area contributed by atoms with Crippen LogP contribution in [0.4, 0.5) is 0 Å². The van der Waals surface area contributed by atoms with Gasteiger partial charge in [-0.1, -0.05) is 6.92 Å². The predicted octanol–water partition coefficient (Wildman–Crippen LogP) is 1.39. The third-order valence-corrected chi connectivity index (χ3v) is 5.43. The molecule has 1 aliphatic heterocycles. The van der Waals surface area contributed by atoms with Crippen LogP contribution in [0.25, 0.3) is 0 Å². The summed E-state index contributed by atoms with van der Waals surface area (Å²) in [5.74, 6) is 1.24. The van der Waals surface area contributed by atoms with Crippen molar-refractivity contribution in [2.24, 2.45) is 5.92 Å². The lowest BCUT2D eigenvalue weighted by Crippen LogP contribution is -2.29. The van der Waals surface area contributed by atoms with E-state index in [0.29, 0.717) is 18.2 Å².